The molecule has 0 aliphatic rings. The van der Waals surface area contributed by atoms with Gasteiger partial charge in [-0.15, -0.1) is 11.3 Å². The largest absolute Gasteiger partial charge is 0.281 e. The lowest BCUT2D eigenvalue weighted by atomic mass is 10.6. The van der Waals surface area contributed by atoms with Crippen LogP contribution in [0.2, 0.25) is 5.15 Å². The fourth-order valence-electron chi connectivity index (χ4n) is 1.51. The molecule has 0 aliphatic carbocycles. The minimum Gasteiger partial charge on any atom is -0.278 e. The van der Waals surface area contributed by atoms with Crippen LogP contribution >= 0.6 is 34.3 Å². The number of nitrogens with one attached hydrogen (secondary N) is 1. The molecule has 3 aromatic heterocycles. The lowest BCUT2D eigenvalue weighted by molar-refractivity contribution is 0.597. The zero-order valence-electron chi connectivity index (χ0n) is 8.70. The third kappa shape index (κ3) is 1.91. The number of fused-ring (bicyclic) bond motifs is 1. The zero-order valence-corrected chi connectivity index (χ0v) is 11.9. The summed E-state index contributed by atoms with van der Waals surface area (Å²) in [5.41, 5.74) is 0.515. The summed E-state index contributed by atoms with van der Waals surface area (Å²) < 4.78 is 28.4. The van der Waals surface area contributed by atoms with E-state index in [-0.39, 0.29) is 10.2 Å². The molecule has 0 bridgehead atoms. The summed E-state index contributed by atoms with van der Waals surface area (Å²) in [7, 11) is -3.74. The molecular weight excluding hydrogens is 314 g/mol. The summed E-state index contributed by atoms with van der Waals surface area (Å²) in [6.07, 6.45) is 1.63. The van der Waals surface area contributed by atoms with Gasteiger partial charge in [0.2, 0.25) is 0 Å². The number of anilines is 1. The highest BCUT2D eigenvalue weighted by molar-refractivity contribution is 7.92. The second kappa shape index (κ2) is 4.23. The molecule has 0 saturated carbocycles. The number of rotatable bonds is 3. The molecule has 0 saturated heterocycles. The number of nitrogens with zero attached hydrogens (tertiary/aromatic N) is 2. The Morgan fingerprint density at radius 1 is 1.39 bits per heavy atom. The van der Waals surface area contributed by atoms with Gasteiger partial charge in [-0.05, 0) is 11.4 Å². The number of halogens is 1. The summed E-state index contributed by atoms with van der Waals surface area (Å²) in [6, 6.07) is 1.68. The van der Waals surface area contributed by atoms with E-state index in [0.29, 0.717) is 10.6 Å². The van der Waals surface area contributed by atoms with Gasteiger partial charge in [0.25, 0.3) is 10.0 Å². The highest BCUT2D eigenvalue weighted by atomic mass is 35.5. The van der Waals surface area contributed by atoms with Crippen molar-refractivity contribution in [2.24, 2.45) is 0 Å². The van der Waals surface area contributed by atoms with E-state index in [0.717, 1.165) is 0 Å². The Morgan fingerprint density at radius 3 is 2.94 bits per heavy atom. The van der Waals surface area contributed by atoms with Crippen molar-refractivity contribution in [1.82, 2.24) is 9.38 Å². The van der Waals surface area contributed by atoms with Gasteiger partial charge in [0.15, 0.2) is 15.1 Å². The predicted octanol–water partition coefficient (Wildman–Crippen LogP) is 2.91. The predicted molar refractivity (Wildman–Crippen MR) is 73.2 cm³/mol. The van der Waals surface area contributed by atoms with E-state index in [4.69, 9.17) is 11.6 Å². The fraction of sp³-hybridized carbons (Fsp3) is 0. The van der Waals surface area contributed by atoms with Crippen LogP contribution in [0.5, 0.6) is 0 Å². The Balaban J connectivity index is 2.13. The van der Waals surface area contributed by atoms with Crippen LogP contribution in [0, 0.1) is 0 Å². The molecule has 0 aliphatic heterocycles. The molecule has 0 aromatic carbocycles. The average Bonchev–Trinajstić information content (AvgIpc) is 2.92. The summed E-state index contributed by atoms with van der Waals surface area (Å²) in [6.45, 7) is 0. The fourth-order valence-corrected chi connectivity index (χ4v) is 4.67. The van der Waals surface area contributed by atoms with E-state index in [1.165, 1.54) is 27.1 Å². The van der Waals surface area contributed by atoms with Crippen molar-refractivity contribution in [2.45, 2.75) is 5.03 Å². The maximum absolute atomic E-state index is 12.2. The van der Waals surface area contributed by atoms with Crippen molar-refractivity contribution in [2.75, 3.05) is 4.72 Å². The Kier molecular flexibility index (Phi) is 2.81. The van der Waals surface area contributed by atoms with Gasteiger partial charge < -0.3 is 0 Å². The second-order valence-corrected chi connectivity index (χ2v) is 6.99. The van der Waals surface area contributed by atoms with Gasteiger partial charge in [-0.25, -0.2) is 4.98 Å². The van der Waals surface area contributed by atoms with Crippen molar-refractivity contribution >= 4 is 54.9 Å². The van der Waals surface area contributed by atoms with Gasteiger partial charge >= 0.3 is 0 Å². The number of hydrogen-bond acceptors (Lipinski definition) is 5. The maximum atomic E-state index is 12.2. The van der Waals surface area contributed by atoms with Crippen molar-refractivity contribution < 1.29 is 8.42 Å². The Labute approximate surface area is 116 Å². The third-order valence-electron chi connectivity index (χ3n) is 2.21. The molecule has 0 fully saturated rings. The number of sulfonamides is 1. The number of imidazole rings is 1. The van der Waals surface area contributed by atoms with Crippen LogP contribution in [-0.4, -0.2) is 17.8 Å². The zero-order chi connectivity index (χ0) is 12.8. The normalized spacial score (nSPS) is 12.1. The Morgan fingerprint density at radius 2 is 2.22 bits per heavy atom. The smallest absolute Gasteiger partial charge is 0.278 e. The minimum atomic E-state index is -3.74. The summed E-state index contributed by atoms with van der Waals surface area (Å²) in [5, 5.41) is 5.19. The van der Waals surface area contributed by atoms with Gasteiger partial charge in [-0.2, -0.15) is 19.8 Å². The van der Waals surface area contributed by atoms with Gasteiger partial charge in [0, 0.05) is 17.0 Å². The Hall–Kier alpha value is -1.09. The van der Waals surface area contributed by atoms with Crippen molar-refractivity contribution in [1.29, 1.82) is 0 Å². The van der Waals surface area contributed by atoms with Gasteiger partial charge in [0.1, 0.15) is 0 Å². The van der Waals surface area contributed by atoms with E-state index in [2.05, 4.69) is 9.71 Å². The SMILES string of the molecule is O=S(=O)(Nc1ccsc1)c1c(Cl)nc2sccn12. The molecule has 5 nitrogen and oxygen atoms in total. The molecule has 0 atom stereocenters. The molecule has 0 amide bonds. The molecule has 3 heterocycles. The van der Waals surface area contributed by atoms with E-state index >= 15 is 0 Å². The minimum absolute atomic E-state index is 0.0235. The second-order valence-electron chi connectivity index (χ2n) is 3.38. The summed E-state index contributed by atoms with van der Waals surface area (Å²) in [5.74, 6) is 0. The van der Waals surface area contributed by atoms with E-state index in [9.17, 15) is 8.42 Å². The molecule has 94 valence electrons. The van der Waals surface area contributed by atoms with Crippen LogP contribution in [-0.2, 0) is 10.0 Å². The molecule has 3 aromatic rings. The van der Waals surface area contributed by atoms with Crippen LogP contribution in [0.15, 0.2) is 33.4 Å². The molecule has 0 unspecified atom stereocenters. The third-order valence-corrected chi connectivity index (χ3v) is 5.43. The Bertz CT molecular complexity index is 788. The molecule has 3 rings (SSSR count). The standard InChI is InChI=1S/C9H6ClN3O2S3/c10-7-8(13-2-4-17-9(13)11-7)18(14,15)12-6-1-3-16-5-6/h1-5,12H. The molecule has 1 N–H and O–H groups in total. The first-order valence-electron chi connectivity index (χ1n) is 4.74. The van der Waals surface area contributed by atoms with Crippen molar-refractivity contribution in [3.05, 3.63) is 33.6 Å². The van der Waals surface area contributed by atoms with Crippen LogP contribution in [0.1, 0.15) is 0 Å². The van der Waals surface area contributed by atoms with Gasteiger partial charge in [-0.1, -0.05) is 11.6 Å². The molecular formula is C9H6ClN3O2S3. The number of hydrogen-bond donors (Lipinski definition) is 1. The lowest BCUT2D eigenvalue weighted by Crippen LogP contribution is -2.14. The number of aromatic nitrogens is 2. The van der Waals surface area contributed by atoms with Crippen LogP contribution in [0.4, 0.5) is 5.69 Å². The monoisotopic (exact) mass is 319 g/mol. The molecule has 0 radical (unpaired) electrons. The van der Waals surface area contributed by atoms with Crippen LogP contribution in [0.25, 0.3) is 4.96 Å². The van der Waals surface area contributed by atoms with Gasteiger partial charge in [-0.3, -0.25) is 9.12 Å². The number of thiophene rings is 1. The molecule has 9 heteroatoms. The van der Waals surface area contributed by atoms with Crippen molar-refractivity contribution in [3.8, 4) is 0 Å². The lowest BCUT2D eigenvalue weighted by Gasteiger charge is -2.05. The first kappa shape index (κ1) is 12.0. The quantitative estimate of drug-likeness (QED) is 0.807. The highest BCUT2D eigenvalue weighted by Crippen LogP contribution is 2.27. The van der Waals surface area contributed by atoms with E-state index in [1.54, 1.807) is 28.4 Å². The maximum Gasteiger partial charge on any atom is 0.281 e. The average molecular weight is 320 g/mol. The molecule has 18 heavy (non-hydrogen) atoms. The first-order chi connectivity index (χ1) is 8.58. The van der Waals surface area contributed by atoms with Gasteiger partial charge in [0.05, 0.1) is 5.69 Å². The van der Waals surface area contributed by atoms with E-state index in [1.807, 2.05) is 0 Å². The van der Waals surface area contributed by atoms with Crippen LogP contribution in [0.3, 0.4) is 0 Å². The van der Waals surface area contributed by atoms with E-state index < -0.39 is 10.0 Å². The summed E-state index contributed by atoms with van der Waals surface area (Å²) in [4.78, 5) is 4.55. The topological polar surface area (TPSA) is 63.5 Å². The van der Waals surface area contributed by atoms with Crippen LogP contribution < -0.4 is 4.72 Å². The first-order valence-corrected chi connectivity index (χ1v) is 8.42. The molecule has 0 spiro atoms. The summed E-state index contributed by atoms with van der Waals surface area (Å²) >= 11 is 8.62. The number of thiazole rings is 1. The van der Waals surface area contributed by atoms with Crippen molar-refractivity contribution in [3.63, 3.8) is 0 Å². The highest BCUT2D eigenvalue weighted by Gasteiger charge is 2.25.